The van der Waals surface area contributed by atoms with Gasteiger partial charge in [0.15, 0.2) is 0 Å². The van der Waals surface area contributed by atoms with Crippen LogP contribution in [0.2, 0.25) is 0 Å². The Balaban J connectivity index is 2.42. The molecule has 0 aromatic carbocycles. The quantitative estimate of drug-likeness (QED) is 0.626. The molecule has 0 N–H and O–H groups in total. The van der Waals surface area contributed by atoms with Crippen molar-refractivity contribution in [2.45, 2.75) is 19.8 Å². The maximum Gasteiger partial charge on any atom is 0.104 e. The summed E-state index contributed by atoms with van der Waals surface area (Å²) < 4.78 is 5.45. The molecule has 0 aliphatic carbocycles. The molecule has 1 aromatic heterocycles. The standard InChI is InChI=1S/C12H16O/c1-4-11(5-2)7-9-12-8-6-10(3)13-12/h4-6,8,11H,1-2,7,9H2,3H3. The number of rotatable bonds is 5. The second kappa shape index (κ2) is 4.70. The van der Waals surface area contributed by atoms with Crippen molar-refractivity contribution in [3.05, 3.63) is 49.0 Å². The Morgan fingerprint density at radius 2 is 2.08 bits per heavy atom. The third-order valence-electron chi connectivity index (χ3n) is 2.13. The Morgan fingerprint density at radius 3 is 2.54 bits per heavy atom. The van der Waals surface area contributed by atoms with Gasteiger partial charge in [-0.2, -0.15) is 0 Å². The predicted octanol–water partition coefficient (Wildman–Crippen LogP) is 3.51. The summed E-state index contributed by atoms with van der Waals surface area (Å²) in [5.41, 5.74) is 0. The van der Waals surface area contributed by atoms with Gasteiger partial charge in [-0.15, -0.1) is 13.2 Å². The smallest absolute Gasteiger partial charge is 0.104 e. The van der Waals surface area contributed by atoms with Crippen LogP contribution in [0.1, 0.15) is 17.9 Å². The summed E-state index contributed by atoms with van der Waals surface area (Å²) in [6.07, 6.45) is 5.82. The molecule has 13 heavy (non-hydrogen) atoms. The molecule has 0 saturated carbocycles. The Kier molecular flexibility index (Phi) is 3.56. The maximum absolute atomic E-state index is 5.45. The van der Waals surface area contributed by atoms with Gasteiger partial charge < -0.3 is 4.42 Å². The molecule has 0 radical (unpaired) electrons. The Labute approximate surface area is 79.8 Å². The van der Waals surface area contributed by atoms with Crippen LogP contribution >= 0.6 is 0 Å². The van der Waals surface area contributed by atoms with Crippen LogP contribution in [0, 0.1) is 12.8 Å². The summed E-state index contributed by atoms with van der Waals surface area (Å²) in [5.74, 6) is 2.42. The lowest BCUT2D eigenvalue weighted by Crippen LogP contribution is -1.93. The summed E-state index contributed by atoms with van der Waals surface area (Å²) in [5, 5.41) is 0. The van der Waals surface area contributed by atoms with Crippen molar-refractivity contribution in [1.29, 1.82) is 0 Å². The maximum atomic E-state index is 5.45. The zero-order valence-electron chi connectivity index (χ0n) is 8.12. The minimum absolute atomic E-state index is 0.394. The van der Waals surface area contributed by atoms with E-state index >= 15 is 0 Å². The van der Waals surface area contributed by atoms with Gasteiger partial charge in [-0.05, 0) is 31.4 Å². The molecule has 0 saturated heterocycles. The lowest BCUT2D eigenvalue weighted by Gasteiger charge is -2.03. The van der Waals surface area contributed by atoms with Crippen LogP contribution in [0.3, 0.4) is 0 Å². The minimum atomic E-state index is 0.394. The van der Waals surface area contributed by atoms with Gasteiger partial charge in [-0.3, -0.25) is 0 Å². The van der Waals surface area contributed by atoms with Gasteiger partial charge in [-0.25, -0.2) is 0 Å². The lowest BCUT2D eigenvalue weighted by atomic mass is 10.0. The lowest BCUT2D eigenvalue weighted by molar-refractivity contribution is 0.470. The first-order valence-electron chi connectivity index (χ1n) is 4.56. The highest BCUT2D eigenvalue weighted by molar-refractivity contribution is 5.06. The van der Waals surface area contributed by atoms with Crippen molar-refractivity contribution < 1.29 is 4.42 Å². The van der Waals surface area contributed by atoms with E-state index in [2.05, 4.69) is 13.2 Å². The van der Waals surface area contributed by atoms with Crippen LogP contribution in [0.15, 0.2) is 41.9 Å². The van der Waals surface area contributed by atoms with Crippen molar-refractivity contribution >= 4 is 0 Å². The monoisotopic (exact) mass is 176 g/mol. The van der Waals surface area contributed by atoms with E-state index in [1.165, 1.54) is 0 Å². The molecule has 1 nitrogen and oxygen atoms in total. The van der Waals surface area contributed by atoms with E-state index in [0.717, 1.165) is 24.4 Å². The Morgan fingerprint density at radius 1 is 1.38 bits per heavy atom. The van der Waals surface area contributed by atoms with Gasteiger partial charge in [0.05, 0.1) is 0 Å². The zero-order valence-corrected chi connectivity index (χ0v) is 8.12. The van der Waals surface area contributed by atoms with Crippen molar-refractivity contribution in [1.82, 2.24) is 0 Å². The van der Waals surface area contributed by atoms with Crippen LogP contribution < -0.4 is 0 Å². The second-order valence-electron chi connectivity index (χ2n) is 3.19. The predicted molar refractivity (Wildman–Crippen MR) is 55.7 cm³/mol. The molecule has 0 bridgehead atoms. The first-order valence-corrected chi connectivity index (χ1v) is 4.56. The summed E-state index contributed by atoms with van der Waals surface area (Å²) in [7, 11) is 0. The molecule has 0 fully saturated rings. The van der Waals surface area contributed by atoms with Crippen LogP contribution in [0.25, 0.3) is 0 Å². The zero-order chi connectivity index (χ0) is 9.68. The average molecular weight is 176 g/mol. The molecule has 0 unspecified atom stereocenters. The number of furan rings is 1. The van der Waals surface area contributed by atoms with Crippen LogP contribution in [-0.4, -0.2) is 0 Å². The fourth-order valence-electron chi connectivity index (χ4n) is 1.26. The molecule has 1 aromatic rings. The number of allylic oxidation sites excluding steroid dienone is 2. The van der Waals surface area contributed by atoms with Crippen LogP contribution in [0.5, 0.6) is 0 Å². The van der Waals surface area contributed by atoms with Crippen molar-refractivity contribution in [2.75, 3.05) is 0 Å². The topological polar surface area (TPSA) is 13.1 Å². The number of aryl methyl sites for hydroxylation is 2. The van der Waals surface area contributed by atoms with E-state index in [9.17, 15) is 0 Å². The highest BCUT2D eigenvalue weighted by Gasteiger charge is 2.02. The molecular weight excluding hydrogens is 160 g/mol. The molecule has 1 rings (SSSR count). The van der Waals surface area contributed by atoms with Crippen molar-refractivity contribution in [3.8, 4) is 0 Å². The van der Waals surface area contributed by atoms with Crippen molar-refractivity contribution in [3.63, 3.8) is 0 Å². The summed E-state index contributed by atoms with van der Waals surface area (Å²) in [4.78, 5) is 0. The van der Waals surface area contributed by atoms with Crippen LogP contribution in [-0.2, 0) is 6.42 Å². The van der Waals surface area contributed by atoms with E-state index < -0.39 is 0 Å². The van der Waals surface area contributed by atoms with Gasteiger partial charge in [0.25, 0.3) is 0 Å². The number of hydrogen-bond acceptors (Lipinski definition) is 1. The van der Waals surface area contributed by atoms with Gasteiger partial charge >= 0.3 is 0 Å². The van der Waals surface area contributed by atoms with E-state index in [4.69, 9.17) is 4.42 Å². The van der Waals surface area contributed by atoms with Gasteiger partial charge in [-0.1, -0.05) is 12.2 Å². The third-order valence-corrected chi connectivity index (χ3v) is 2.13. The summed E-state index contributed by atoms with van der Waals surface area (Å²) >= 11 is 0. The molecule has 1 heteroatoms. The van der Waals surface area contributed by atoms with E-state index in [-0.39, 0.29) is 0 Å². The molecule has 1 heterocycles. The number of hydrogen-bond donors (Lipinski definition) is 0. The Hall–Kier alpha value is -1.24. The van der Waals surface area contributed by atoms with E-state index in [0.29, 0.717) is 5.92 Å². The molecule has 0 amide bonds. The second-order valence-corrected chi connectivity index (χ2v) is 3.19. The molecular formula is C12H16O. The summed E-state index contributed by atoms with van der Waals surface area (Å²) in [6, 6.07) is 4.02. The van der Waals surface area contributed by atoms with Gasteiger partial charge in [0.1, 0.15) is 11.5 Å². The highest BCUT2D eigenvalue weighted by Crippen LogP contribution is 2.13. The van der Waals surface area contributed by atoms with Gasteiger partial charge in [0, 0.05) is 6.42 Å². The molecule has 70 valence electrons. The molecule has 0 spiro atoms. The molecule has 0 aliphatic heterocycles. The van der Waals surface area contributed by atoms with Crippen LogP contribution in [0.4, 0.5) is 0 Å². The molecule has 0 aliphatic rings. The van der Waals surface area contributed by atoms with Gasteiger partial charge in [0.2, 0.25) is 0 Å². The van der Waals surface area contributed by atoms with E-state index in [1.807, 2.05) is 31.2 Å². The SMILES string of the molecule is C=CC(C=C)CCc1ccc(C)o1. The Bertz CT molecular complexity index is 275. The minimum Gasteiger partial charge on any atom is -0.466 e. The fraction of sp³-hybridized carbons (Fsp3) is 0.333. The third kappa shape index (κ3) is 2.94. The normalized spacial score (nSPS) is 10.3. The molecule has 0 atom stereocenters. The highest BCUT2D eigenvalue weighted by atomic mass is 16.3. The summed E-state index contributed by atoms with van der Waals surface area (Å²) in [6.45, 7) is 9.46. The first-order chi connectivity index (χ1) is 6.26. The van der Waals surface area contributed by atoms with Crippen molar-refractivity contribution in [2.24, 2.45) is 5.92 Å². The fourth-order valence-corrected chi connectivity index (χ4v) is 1.26. The first kappa shape index (κ1) is 9.85. The average Bonchev–Trinajstić information content (AvgIpc) is 2.53. The van der Waals surface area contributed by atoms with E-state index in [1.54, 1.807) is 0 Å². The largest absolute Gasteiger partial charge is 0.466 e.